The quantitative estimate of drug-likeness (QED) is 0.262. The van der Waals surface area contributed by atoms with Crippen LogP contribution >= 0.6 is 25.3 Å². The second kappa shape index (κ2) is 5.35. The highest BCUT2D eigenvalue weighted by Gasteiger charge is 2.97. The molecule has 13 aliphatic carbocycles. The van der Waals surface area contributed by atoms with Crippen LogP contribution in [0.1, 0.15) is 46.0 Å². The average Bonchev–Trinajstić information content (AvgIpc) is 3.73. The zero-order valence-electron chi connectivity index (χ0n) is 22.9. The van der Waals surface area contributed by atoms with E-state index in [-0.39, 0.29) is 0 Å². The molecule has 0 aromatic rings. The Morgan fingerprint density at radius 2 is 1.24 bits per heavy atom. The van der Waals surface area contributed by atoms with E-state index in [0.717, 1.165) is 46.7 Å². The van der Waals surface area contributed by atoms with E-state index in [1.54, 1.807) is 19.3 Å². The fourth-order valence-electron chi connectivity index (χ4n) is 19.2. The van der Waals surface area contributed by atoms with Gasteiger partial charge in [0, 0.05) is 4.75 Å². The molecular formula is C34H45BS2. The van der Waals surface area contributed by atoms with Gasteiger partial charge in [-0.25, -0.2) is 0 Å². The van der Waals surface area contributed by atoms with Crippen LogP contribution in [-0.2, 0) is 0 Å². The molecule has 3 heteroatoms. The van der Waals surface area contributed by atoms with Crippen molar-refractivity contribution in [3.05, 3.63) is 0 Å². The molecule has 13 rings (SSSR count). The SMILES string of the molecule is BC12C3C4C5C6C(CC6C6C(C)CC7(S)CC67)C5C4C3C1C1C3C4C(C3C12)C1C4C(C2CC2)C1(C)CS. The highest BCUT2D eigenvalue weighted by atomic mass is 32.1. The summed E-state index contributed by atoms with van der Waals surface area (Å²) < 4.78 is 0.488. The summed E-state index contributed by atoms with van der Waals surface area (Å²) in [6, 6.07) is 0. The second-order valence-electron chi connectivity index (χ2n) is 19.2. The number of hydrogen-bond acceptors (Lipinski definition) is 2. The molecule has 0 saturated heterocycles. The lowest BCUT2D eigenvalue weighted by Gasteiger charge is -3.01. The highest BCUT2D eigenvalue weighted by Crippen LogP contribution is 3.02. The van der Waals surface area contributed by atoms with E-state index in [2.05, 4.69) is 21.7 Å². The minimum atomic E-state index is 0.488. The van der Waals surface area contributed by atoms with Gasteiger partial charge in [0.1, 0.15) is 7.85 Å². The molecule has 0 aromatic carbocycles. The summed E-state index contributed by atoms with van der Waals surface area (Å²) in [6.07, 6.45) is 7.67. The summed E-state index contributed by atoms with van der Waals surface area (Å²) in [5.74, 6) is 28.0. The summed E-state index contributed by atoms with van der Waals surface area (Å²) >= 11 is 10.1. The molecule has 0 nitrogen and oxygen atoms in total. The average molecular weight is 529 g/mol. The molecule has 0 N–H and O–H groups in total. The van der Waals surface area contributed by atoms with Crippen LogP contribution in [0.5, 0.6) is 0 Å². The van der Waals surface area contributed by atoms with Gasteiger partial charge in [0.2, 0.25) is 0 Å². The maximum absolute atomic E-state index is 5.15. The fourth-order valence-corrected chi connectivity index (χ4v) is 20.3. The lowest BCUT2D eigenvalue weighted by Crippen LogP contribution is -2.96. The first kappa shape index (κ1) is 20.6. The van der Waals surface area contributed by atoms with Gasteiger partial charge >= 0.3 is 0 Å². The van der Waals surface area contributed by atoms with Gasteiger partial charge in [0.15, 0.2) is 0 Å². The minimum absolute atomic E-state index is 0.488. The lowest BCUT2D eigenvalue weighted by atomic mass is 9.01. The number of fused-ring (bicyclic) bond motifs is 26. The van der Waals surface area contributed by atoms with E-state index in [0.29, 0.717) is 10.2 Å². The maximum atomic E-state index is 5.15. The van der Waals surface area contributed by atoms with Gasteiger partial charge in [-0.15, -0.1) is 0 Å². The summed E-state index contributed by atoms with van der Waals surface area (Å²) in [4.78, 5) is 0. The maximum Gasteiger partial charge on any atom is 0.110 e. The molecule has 196 valence electrons. The molecule has 0 spiro atoms. The molecule has 13 saturated carbocycles. The topological polar surface area (TPSA) is 0 Å². The minimum Gasteiger partial charge on any atom is -0.179 e. The third kappa shape index (κ3) is 1.60. The van der Waals surface area contributed by atoms with Crippen molar-refractivity contribution in [1.29, 1.82) is 0 Å². The normalized spacial score (nSPS) is 85.2. The van der Waals surface area contributed by atoms with E-state index in [9.17, 15) is 0 Å². The Labute approximate surface area is 235 Å². The number of thiol groups is 2. The molecule has 37 heavy (non-hydrogen) atoms. The molecule has 25 unspecified atom stereocenters. The van der Waals surface area contributed by atoms with E-state index in [4.69, 9.17) is 25.3 Å². The Morgan fingerprint density at radius 1 is 0.676 bits per heavy atom. The van der Waals surface area contributed by atoms with Gasteiger partial charge in [0.25, 0.3) is 0 Å². The Bertz CT molecular complexity index is 1230. The highest BCUT2D eigenvalue weighted by molar-refractivity contribution is 7.82. The third-order valence-electron chi connectivity index (χ3n) is 19.6. The van der Waals surface area contributed by atoms with Crippen LogP contribution in [0.4, 0.5) is 0 Å². The third-order valence-corrected chi connectivity index (χ3v) is 21.0. The van der Waals surface area contributed by atoms with E-state index in [1.165, 1.54) is 113 Å². The predicted octanol–water partition coefficient (Wildman–Crippen LogP) is 5.70. The fraction of sp³-hybridized carbons (Fsp3) is 1.00. The predicted molar refractivity (Wildman–Crippen MR) is 154 cm³/mol. The van der Waals surface area contributed by atoms with Crippen LogP contribution in [-0.4, -0.2) is 18.3 Å². The van der Waals surface area contributed by atoms with Crippen LogP contribution in [0.2, 0.25) is 5.31 Å². The second-order valence-corrected chi connectivity index (χ2v) is 20.4. The van der Waals surface area contributed by atoms with Gasteiger partial charge in [-0.05, 0) is 185 Å². The van der Waals surface area contributed by atoms with Gasteiger partial charge < -0.3 is 0 Å². The van der Waals surface area contributed by atoms with Crippen molar-refractivity contribution in [2.24, 2.45) is 142 Å². The van der Waals surface area contributed by atoms with Crippen LogP contribution in [0, 0.1) is 142 Å². The van der Waals surface area contributed by atoms with E-state index in [1.807, 2.05) is 0 Å². The molecular weight excluding hydrogens is 483 g/mol. The molecule has 0 aromatic heterocycles. The summed E-state index contributed by atoms with van der Waals surface area (Å²) in [7, 11) is 2.88. The first-order valence-corrected chi connectivity index (χ1v) is 18.3. The smallest absolute Gasteiger partial charge is 0.110 e. The Balaban J connectivity index is 0.779. The molecule has 0 radical (unpaired) electrons. The molecule has 0 aliphatic heterocycles. The summed E-state index contributed by atoms with van der Waals surface area (Å²) in [5.41, 5.74) is 0.616. The van der Waals surface area contributed by atoms with E-state index < -0.39 is 0 Å². The Morgan fingerprint density at radius 3 is 1.89 bits per heavy atom. The van der Waals surface area contributed by atoms with Crippen LogP contribution in [0.15, 0.2) is 0 Å². The zero-order valence-corrected chi connectivity index (χ0v) is 24.7. The summed E-state index contributed by atoms with van der Waals surface area (Å²) in [5, 5.41) is 0.817. The monoisotopic (exact) mass is 528 g/mol. The number of hydrogen-bond donors (Lipinski definition) is 2. The summed E-state index contributed by atoms with van der Waals surface area (Å²) in [6.45, 7) is 5.29. The lowest BCUT2D eigenvalue weighted by molar-refractivity contribution is -0.503. The molecule has 25 atom stereocenters. The van der Waals surface area contributed by atoms with Crippen molar-refractivity contribution in [3.63, 3.8) is 0 Å². The Kier molecular flexibility index (Phi) is 2.98. The first-order chi connectivity index (χ1) is 17.9. The standard InChI is InChI=1S/C34H45BS2/c1-9-6-33(37)7-13(33)14(9)11-5-12-15(11)17-16(12)18-21(17)29-25(18)31-26-20-19-22(23(20)30(26)34(29,31)35)28-24(19)27(10-3-4-10)32(28,2)8-36/h9-31,36-37H,3-8,35H2,1-2H3. The van der Waals surface area contributed by atoms with Gasteiger partial charge in [0.05, 0.1) is 0 Å². The van der Waals surface area contributed by atoms with Gasteiger partial charge in [-0.2, -0.15) is 25.3 Å². The van der Waals surface area contributed by atoms with Crippen molar-refractivity contribution >= 4 is 33.1 Å². The van der Waals surface area contributed by atoms with Crippen molar-refractivity contribution in [1.82, 2.24) is 0 Å². The van der Waals surface area contributed by atoms with Crippen molar-refractivity contribution in [2.75, 3.05) is 5.75 Å². The van der Waals surface area contributed by atoms with Crippen LogP contribution < -0.4 is 0 Å². The van der Waals surface area contributed by atoms with Crippen molar-refractivity contribution < 1.29 is 0 Å². The van der Waals surface area contributed by atoms with Crippen LogP contribution in [0.3, 0.4) is 0 Å². The molecule has 13 fully saturated rings. The van der Waals surface area contributed by atoms with Crippen molar-refractivity contribution in [3.8, 4) is 0 Å². The van der Waals surface area contributed by atoms with Gasteiger partial charge in [-0.3, -0.25) is 0 Å². The zero-order chi connectivity index (χ0) is 24.0. The molecule has 0 bridgehead atoms. The Hall–Kier alpha value is 0.765. The number of rotatable bonds is 3. The first-order valence-electron chi connectivity index (χ1n) is 17.2. The van der Waals surface area contributed by atoms with Crippen molar-refractivity contribution in [2.45, 2.75) is 56.0 Å². The largest absolute Gasteiger partial charge is 0.179 e. The van der Waals surface area contributed by atoms with E-state index >= 15 is 0 Å². The molecule has 0 heterocycles. The van der Waals surface area contributed by atoms with Crippen LogP contribution in [0.25, 0.3) is 0 Å². The molecule has 13 aliphatic rings. The molecule has 0 amide bonds. The van der Waals surface area contributed by atoms with Gasteiger partial charge in [-0.1, -0.05) is 13.8 Å².